The molecule has 1 atom stereocenters. The molecule has 1 N–H and O–H groups in total. The molecule has 2 aromatic carbocycles. The predicted molar refractivity (Wildman–Crippen MR) is 107 cm³/mol. The number of amides is 2. The van der Waals surface area contributed by atoms with Crippen LogP contribution in [0.15, 0.2) is 63.9 Å². The molecule has 0 radical (unpaired) electrons. The Labute approximate surface area is 161 Å². The van der Waals surface area contributed by atoms with Gasteiger partial charge in [-0.2, -0.15) is 0 Å². The predicted octanol–water partition coefficient (Wildman–Crippen LogP) is 4.14. The Hall–Kier alpha value is -2.73. The highest BCUT2D eigenvalue weighted by molar-refractivity contribution is 8.00. The van der Waals surface area contributed by atoms with Crippen LogP contribution in [0.5, 0.6) is 0 Å². The SMILES string of the molecule is C[C@@H](NC(=O)CCN1C(=O)CSc2ccccc21)c1cc2ccccc2o1. The first-order valence-electron chi connectivity index (χ1n) is 8.92. The van der Waals surface area contributed by atoms with Crippen molar-refractivity contribution in [2.24, 2.45) is 0 Å². The minimum atomic E-state index is -0.232. The largest absolute Gasteiger partial charge is 0.459 e. The smallest absolute Gasteiger partial charge is 0.237 e. The van der Waals surface area contributed by atoms with Crippen molar-refractivity contribution >= 4 is 40.2 Å². The van der Waals surface area contributed by atoms with E-state index in [9.17, 15) is 9.59 Å². The van der Waals surface area contributed by atoms with Gasteiger partial charge >= 0.3 is 0 Å². The fraction of sp³-hybridized carbons (Fsp3) is 0.238. The minimum Gasteiger partial charge on any atom is -0.459 e. The number of carbonyl (C=O) groups is 2. The third-order valence-electron chi connectivity index (χ3n) is 4.62. The van der Waals surface area contributed by atoms with Crippen molar-refractivity contribution in [2.45, 2.75) is 24.3 Å². The zero-order chi connectivity index (χ0) is 18.8. The van der Waals surface area contributed by atoms with Crippen molar-refractivity contribution < 1.29 is 14.0 Å². The first-order chi connectivity index (χ1) is 13.1. The number of carbonyl (C=O) groups excluding carboxylic acids is 2. The van der Waals surface area contributed by atoms with Crippen LogP contribution >= 0.6 is 11.8 Å². The average molecular weight is 380 g/mol. The third kappa shape index (κ3) is 3.71. The van der Waals surface area contributed by atoms with Crippen LogP contribution in [-0.4, -0.2) is 24.1 Å². The molecule has 0 bridgehead atoms. The molecular formula is C21H20N2O3S. The number of benzene rings is 2. The normalized spacial score (nSPS) is 14.9. The summed E-state index contributed by atoms with van der Waals surface area (Å²) in [6.45, 7) is 2.27. The van der Waals surface area contributed by atoms with Gasteiger partial charge in [0, 0.05) is 23.2 Å². The van der Waals surface area contributed by atoms with Gasteiger partial charge in [-0.05, 0) is 31.2 Å². The summed E-state index contributed by atoms with van der Waals surface area (Å²) in [5, 5.41) is 3.98. The van der Waals surface area contributed by atoms with Gasteiger partial charge in [-0.1, -0.05) is 30.3 Å². The molecule has 6 heteroatoms. The van der Waals surface area contributed by atoms with E-state index < -0.39 is 0 Å². The van der Waals surface area contributed by atoms with E-state index >= 15 is 0 Å². The average Bonchev–Trinajstić information content (AvgIpc) is 3.11. The monoisotopic (exact) mass is 380 g/mol. The Morgan fingerprint density at radius 1 is 1.22 bits per heavy atom. The van der Waals surface area contributed by atoms with Crippen LogP contribution in [0.2, 0.25) is 0 Å². The fourth-order valence-corrected chi connectivity index (χ4v) is 4.15. The summed E-state index contributed by atoms with van der Waals surface area (Å²) < 4.78 is 5.81. The van der Waals surface area contributed by atoms with E-state index in [2.05, 4.69) is 5.32 Å². The number of fused-ring (bicyclic) bond motifs is 2. The topological polar surface area (TPSA) is 62.6 Å². The van der Waals surface area contributed by atoms with E-state index in [-0.39, 0.29) is 24.3 Å². The fourth-order valence-electron chi connectivity index (χ4n) is 3.21. The highest BCUT2D eigenvalue weighted by Crippen LogP contribution is 2.34. The number of nitrogens with zero attached hydrogens (tertiary/aromatic N) is 1. The Morgan fingerprint density at radius 3 is 2.85 bits per heavy atom. The van der Waals surface area contributed by atoms with Gasteiger partial charge in [0.15, 0.2) is 0 Å². The lowest BCUT2D eigenvalue weighted by atomic mass is 10.2. The summed E-state index contributed by atoms with van der Waals surface area (Å²) in [4.78, 5) is 27.5. The van der Waals surface area contributed by atoms with Crippen molar-refractivity contribution in [3.63, 3.8) is 0 Å². The zero-order valence-electron chi connectivity index (χ0n) is 15.0. The first kappa shape index (κ1) is 17.7. The van der Waals surface area contributed by atoms with E-state index in [1.807, 2.05) is 61.5 Å². The summed E-state index contributed by atoms with van der Waals surface area (Å²) in [5.74, 6) is 1.07. The molecule has 0 unspecified atom stereocenters. The van der Waals surface area contributed by atoms with Gasteiger partial charge in [-0.25, -0.2) is 0 Å². The lowest BCUT2D eigenvalue weighted by molar-refractivity contribution is -0.121. The molecule has 1 aromatic heterocycles. The van der Waals surface area contributed by atoms with Gasteiger partial charge in [0.25, 0.3) is 0 Å². The third-order valence-corrected chi connectivity index (χ3v) is 5.67. The molecular weight excluding hydrogens is 360 g/mol. The van der Waals surface area contributed by atoms with Crippen LogP contribution in [-0.2, 0) is 9.59 Å². The first-order valence-corrected chi connectivity index (χ1v) is 9.90. The highest BCUT2D eigenvalue weighted by atomic mass is 32.2. The Kier molecular flexibility index (Phi) is 4.90. The van der Waals surface area contributed by atoms with Crippen molar-refractivity contribution in [3.05, 3.63) is 60.4 Å². The molecule has 27 heavy (non-hydrogen) atoms. The van der Waals surface area contributed by atoms with Gasteiger partial charge in [0.05, 0.1) is 17.5 Å². The summed E-state index contributed by atoms with van der Waals surface area (Å²) in [7, 11) is 0. The molecule has 4 rings (SSSR count). The van der Waals surface area contributed by atoms with Crippen LogP contribution < -0.4 is 10.2 Å². The molecule has 3 aromatic rings. The van der Waals surface area contributed by atoms with Crippen molar-refractivity contribution in [1.82, 2.24) is 5.32 Å². The number of thioether (sulfide) groups is 1. The second-order valence-electron chi connectivity index (χ2n) is 6.53. The molecule has 1 aliphatic heterocycles. The number of anilines is 1. The number of para-hydroxylation sites is 2. The molecule has 5 nitrogen and oxygen atoms in total. The highest BCUT2D eigenvalue weighted by Gasteiger charge is 2.25. The second-order valence-corrected chi connectivity index (χ2v) is 7.54. The molecule has 0 saturated carbocycles. The van der Waals surface area contributed by atoms with E-state index in [0.717, 1.165) is 27.3 Å². The van der Waals surface area contributed by atoms with Crippen LogP contribution in [0.4, 0.5) is 5.69 Å². The maximum absolute atomic E-state index is 12.4. The van der Waals surface area contributed by atoms with Crippen molar-refractivity contribution in [3.8, 4) is 0 Å². The van der Waals surface area contributed by atoms with E-state index in [4.69, 9.17) is 4.42 Å². The molecule has 0 aliphatic carbocycles. The molecule has 0 spiro atoms. The summed E-state index contributed by atoms with van der Waals surface area (Å²) in [6, 6.07) is 17.3. The lowest BCUT2D eigenvalue weighted by Crippen LogP contribution is -2.38. The summed E-state index contributed by atoms with van der Waals surface area (Å²) >= 11 is 1.54. The standard InChI is InChI=1S/C21H20N2O3S/c1-14(18-12-15-6-2-4-8-17(15)26-18)22-20(24)10-11-23-16-7-3-5-9-19(16)27-13-21(23)25/h2-9,12,14H,10-11,13H2,1H3,(H,22,24)/t14-/m1/s1. The zero-order valence-corrected chi connectivity index (χ0v) is 15.8. The van der Waals surface area contributed by atoms with E-state index in [1.165, 1.54) is 0 Å². The van der Waals surface area contributed by atoms with E-state index in [1.54, 1.807) is 16.7 Å². The summed E-state index contributed by atoms with van der Waals surface area (Å²) in [5.41, 5.74) is 1.69. The number of hydrogen-bond donors (Lipinski definition) is 1. The van der Waals surface area contributed by atoms with Gasteiger partial charge in [-0.3, -0.25) is 9.59 Å². The van der Waals surface area contributed by atoms with Gasteiger partial charge in [-0.15, -0.1) is 11.8 Å². The molecule has 0 saturated heterocycles. The van der Waals surface area contributed by atoms with Crippen LogP contribution in [0.1, 0.15) is 25.1 Å². The van der Waals surface area contributed by atoms with Gasteiger partial charge in [0.2, 0.25) is 11.8 Å². The van der Waals surface area contributed by atoms with Gasteiger partial charge in [0.1, 0.15) is 11.3 Å². The molecule has 2 heterocycles. The number of furan rings is 1. The van der Waals surface area contributed by atoms with Crippen molar-refractivity contribution in [2.75, 3.05) is 17.2 Å². The minimum absolute atomic E-state index is 0.0387. The Morgan fingerprint density at radius 2 is 2.00 bits per heavy atom. The number of hydrogen-bond acceptors (Lipinski definition) is 4. The maximum atomic E-state index is 12.4. The molecule has 1 aliphatic rings. The van der Waals surface area contributed by atoms with Crippen molar-refractivity contribution in [1.29, 1.82) is 0 Å². The Bertz CT molecular complexity index is 965. The summed E-state index contributed by atoms with van der Waals surface area (Å²) in [6.07, 6.45) is 0.245. The molecule has 138 valence electrons. The van der Waals surface area contributed by atoms with Crippen LogP contribution in [0.25, 0.3) is 11.0 Å². The van der Waals surface area contributed by atoms with E-state index in [0.29, 0.717) is 12.3 Å². The Balaban J connectivity index is 1.39. The second kappa shape index (κ2) is 7.48. The number of rotatable bonds is 5. The maximum Gasteiger partial charge on any atom is 0.237 e. The molecule has 2 amide bonds. The van der Waals surface area contributed by atoms with Gasteiger partial charge < -0.3 is 14.6 Å². The molecule has 0 fully saturated rings. The quantitative estimate of drug-likeness (QED) is 0.723. The van der Waals surface area contributed by atoms with Crippen LogP contribution in [0.3, 0.4) is 0 Å². The van der Waals surface area contributed by atoms with Crippen LogP contribution in [0, 0.1) is 0 Å². The number of nitrogens with one attached hydrogen (secondary N) is 1. The lowest BCUT2D eigenvalue weighted by Gasteiger charge is -2.28.